The quantitative estimate of drug-likeness (QED) is 0.896. The molecular formula is C12H17NO3S. The summed E-state index contributed by atoms with van der Waals surface area (Å²) in [6.07, 6.45) is 3.53. The van der Waals surface area contributed by atoms with Crippen LogP contribution in [0.3, 0.4) is 0 Å². The molecule has 94 valence electrons. The van der Waals surface area contributed by atoms with Crippen molar-refractivity contribution in [2.24, 2.45) is 0 Å². The Balaban J connectivity index is 2.21. The number of carbonyl (C=O) groups is 1. The van der Waals surface area contributed by atoms with Gasteiger partial charge < -0.3 is 9.84 Å². The maximum Gasteiger partial charge on any atom is 0.312 e. The third-order valence-corrected chi connectivity index (χ3v) is 4.31. The van der Waals surface area contributed by atoms with Crippen molar-refractivity contribution in [2.75, 3.05) is 7.11 Å². The van der Waals surface area contributed by atoms with Crippen molar-refractivity contribution in [2.45, 2.75) is 44.6 Å². The molecule has 0 amide bonds. The lowest BCUT2D eigenvalue weighted by Gasteiger charge is -2.16. The number of ether oxygens (including phenoxy) is 1. The summed E-state index contributed by atoms with van der Waals surface area (Å²) in [7, 11) is 1.68. The zero-order chi connectivity index (χ0) is 12.4. The van der Waals surface area contributed by atoms with Gasteiger partial charge in [-0.2, -0.15) is 0 Å². The second-order valence-corrected chi connectivity index (χ2v) is 5.62. The summed E-state index contributed by atoms with van der Waals surface area (Å²) in [4.78, 5) is 16.8. The zero-order valence-corrected chi connectivity index (χ0v) is 10.9. The minimum absolute atomic E-state index is 0.130. The van der Waals surface area contributed by atoms with E-state index in [9.17, 15) is 4.79 Å². The van der Waals surface area contributed by atoms with E-state index in [0.717, 1.165) is 34.8 Å². The molecule has 1 aliphatic carbocycles. The topological polar surface area (TPSA) is 59.4 Å². The van der Waals surface area contributed by atoms with Crippen molar-refractivity contribution >= 4 is 17.3 Å². The summed E-state index contributed by atoms with van der Waals surface area (Å²) >= 11 is 1.65. The number of carboxylic acid groups (broad SMARTS) is 1. The van der Waals surface area contributed by atoms with Gasteiger partial charge in [-0.3, -0.25) is 4.79 Å². The van der Waals surface area contributed by atoms with Gasteiger partial charge in [0.1, 0.15) is 0 Å². The lowest BCUT2D eigenvalue weighted by atomic mass is 9.91. The van der Waals surface area contributed by atoms with Crippen LogP contribution in [0, 0.1) is 0 Å². The molecule has 0 spiro atoms. The third kappa shape index (κ3) is 2.66. The van der Waals surface area contributed by atoms with Gasteiger partial charge in [0.05, 0.1) is 22.7 Å². The fourth-order valence-electron chi connectivity index (χ4n) is 2.13. The van der Waals surface area contributed by atoms with Crippen molar-refractivity contribution in [3.05, 3.63) is 15.6 Å². The molecule has 0 fully saturated rings. The lowest BCUT2D eigenvalue weighted by molar-refractivity contribution is -0.139. The van der Waals surface area contributed by atoms with Gasteiger partial charge >= 0.3 is 5.97 Å². The molecule has 2 atom stereocenters. The normalized spacial score (nSPS) is 20.9. The molecule has 0 radical (unpaired) electrons. The zero-order valence-electron chi connectivity index (χ0n) is 10.1. The van der Waals surface area contributed by atoms with Gasteiger partial charge in [-0.25, -0.2) is 4.98 Å². The molecule has 1 heterocycles. The van der Waals surface area contributed by atoms with Gasteiger partial charge in [0, 0.05) is 18.4 Å². The molecule has 0 saturated carbocycles. The summed E-state index contributed by atoms with van der Waals surface area (Å²) in [6, 6.07) is 0. The highest BCUT2D eigenvalue weighted by molar-refractivity contribution is 7.11. The molecule has 0 bridgehead atoms. The summed E-state index contributed by atoms with van der Waals surface area (Å²) in [5.41, 5.74) is 0.798. The van der Waals surface area contributed by atoms with Gasteiger partial charge in [-0.1, -0.05) is 0 Å². The minimum atomic E-state index is -0.748. The Hall–Kier alpha value is -0.940. The van der Waals surface area contributed by atoms with Crippen LogP contribution in [0.4, 0.5) is 0 Å². The number of aliphatic carboxylic acids is 1. The van der Waals surface area contributed by atoms with Crippen LogP contribution in [-0.2, 0) is 22.4 Å². The van der Waals surface area contributed by atoms with E-state index >= 15 is 0 Å². The second-order valence-electron chi connectivity index (χ2n) is 4.45. The predicted octanol–water partition coefficient (Wildman–Crippen LogP) is 2.23. The van der Waals surface area contributed by atoms with Crippen LogP contribution in [0.25, 0.3) is 0 Å². The van der Waals surface area contributed by atoms with Crippen LogP contribution in [-0.4, -0.2) is 29.3 Å². The third-order valence-electron chi connectivity index (χ3n) is 3.16. The number of methoxy groups -OCH3 is 1. The van der Waals surface area contributed by atoms with Gasteiger partial charge in [-0.15, -0.1) is 11.3 Å². The van der Waals surface area contributed by atoms with E-state index < -0.39 is 11.9 Å². The Labute approximate surface area is 105 Å². The summed E-state index contributed by atoms with van der Waals surface area (Å²) in [5, 5.41) is 10.2. The van der Waals surface area contributed by atoms with Crippen LogP contribution >= 0.6 is 11.3 Å². The highest BCUT2D eigenvalue weighted by Crippen LogP contribution is 2.35. The Morgan fingerprint density at radius 3 is 3.12 bits per heavy atom. The number of thiazole rings is 1. The highest BCUT2D eigenvalue weighted by Gasteiger charge is 2.29. The average Bonchev–Trinajstić information content (AvgIpc) is 2.70. The molecule has 0 aromatic carbocycles. The Morgan fingerprint density at radius 1 is 1.71 bits per heavy atom. The van der Waals surface area contributed by atoms with Crippen molar-refractivity contribution < 1.29 is 14.6 Å². The molecular weight excluding hydrogens is 238 g/mol. The van der Waals surface area contributed by atoms with Crippen LogP contribution in [0.2, 0.25) is 0 Å². The van der Waals surface area contributed by atoms with Gasteiger partial charge in [0.25, 0.3) is 0 Å². The predicted molar refractivity (Wildman–Crippen MR) is 65.6 cm³/mol. The molecule has 2 rings (SSSR count). The molecule has 1 N–H and O–H groups in total. The van der Waals surface area contributed by atoms with Gasteiger partial charge in [0.15, 0.2) is 0 Å². The van der Waals surface area contributed by atoms with Crippen molar-refractivity contribution in [3.63, 3.8) is 0 Å². The number of fused-ring (bicyclic) bond motifs is 1. The first-order valence-electron chi connectivity index (χ1n) is 5.86. The Morgan fingerprint density at radius 2 is 2.47 bits per heavy atom. The fourth-order valence-corrected chi connectivity index (χ4v) is 3.41. The Kier molecular flexibility index (Phi) is 3.79. The monoisotopic (exact) mass is 255 g/mol. The SMILES string of the molecule is COC(C)Cc1nc2c(s1)CCCC2C(=O)O. The van der Waals surface area contributed by atoms with E-state index in [0.29, 0.717) is 6.42 Å². The highest BCUT2D eigenvalue weighted by atomic mass is 32.1. The second kappa shape index (κ2) is 5.14. The summed E-state index contributed by atoms with van der Waals surface area (Å²) < 4.78 is 5.21. The maximum absolute atomic E-state index is 11.1. The minimum Gasteiger partial charge on any atom is -0.481 e. The molecule has 4 nitrogen and oxygen atoms in total. The number of rotatable bonds is 4. The molecule has 1 aromatic rings. The van der Waals surface area contributed by atoms with E-state index in [1.54, 1.807) is 18.4 Å². The first-order valence-corrected chi connectivity index (χ1v) is 6.67. The number of aryl methyl sites for hydroxylation is 1. The van der Waals surface area contributed by atoms with Gasteiger partial charge in [0.2, 0.25) is 0 Å². The van der Waals surface area contributed by atoms with Crippen LogP contribution in [0.15, 0.2) is 0 Å². The average molecular weight is 255 g/mol. The molecule has 0 aliphatic heterocycles. The van der Waals surface area contributed by atoms with Crippen LogP contribution < -0.4 is 0 Å². The van der Waals surface area contributed by atoms with Crippen molar-refractivity contribution in [1.82, 2.24) is 4.98 Å². The van der Waals surface area contributed by atoms with Crippen LogP contribution in [0.5, 0.6) is 0 Å². The number of hydrogen-bond acceptors (Lipinski definition) is 4. The lowest BCUT2D eigenvalue weighted by Crippen LogP contribution is -2.17. The number of nitrogens with zero attached hydrogens (tertiary/aromatic N) is 1. The molecule has 1 aromatic heterocycles. The first kappa shape index (κ1) is 12.5. The van der Waals surface area contributed by atoms with Crippen LogP contribution in [0.1, 0.15) is 41.3 Å². The van der Waals surface area contributed by atoms with E-state index in [2.05, 4.69) is 4.98 Å². The van der Waals surface area contributed by atoms with E-state index in [1.807, 2.05) is 6.92 Å². The first-order chi connectivity index (χ1) is 8.11. The standard InChI is InChI=1S/C12H17NO3S/c1-7(16-2)6-10-13-11-8(12(14)15)4-3-5-9(11)17-10/h7-8H,3-6H2,1-2H3,(H,14,15). The van der Waals surface area contributed by atoms with Crippen molar-refractivity contribution in [1.29, 1.82) is 0 Å². The molecule has 1 aliphatic rings. The molecule has 0 saturated heterocycles. The number of hydrogen-bond donors (Lipinski definition) is 1. The van der Waals surface area contributed by atoms with E-state index in [-0.39, 0.29) is 6.10 Å². The van der Waals surface area contributed by atoms with E-state index in [4.69, 9.17) is 9.84 Å². The smallest absolute Gasteiger partial charge is 0.312 e. The number of aromatic nitrogens is 1. The maximum atomic E-state index is 11.1. The summed E-state index contributed by atoms with van der Waals surface area (Å²) in [6.45, 7) is 2.00. The van der Waals surface area contributed by atoms with E-state index in [1.165, 1.54) is 0 Å². The molecule has 5 heteroatoms. The largest absolute Gasteiger partial charge is 0.481 e. The Bertz CT molecular complexity index is 416. The molecule has 2 unspecified atom stereocenters. The number of carboxylic acids is 1. The van der Waals surface area contributed by atoms with Crippen molar-refractivity contribution in [3.8, 4) is 0 Å². The van der Waals surface area contributed by atoms with Gasteiger partial charge in [-0.05, 0) is 26.2 Å². The molecule has 17 heavy (non-hydrogen) atoms. The fraction of sp³-hybridized carbons (Fsp3) is 0.667. The summed E-state index contributed by atoms with van der Waals surface area (Å²) in [5.74, 6) is -1.15.